The lowest BCUT2D eigenvalue weighted by Gasteiger charge is -2.31. The summed E-state index contributed by atoms with van der Waals surface area (Å²) in [5.41, 5.74) is 4.80. The number of benzene rings is 2. The van der Waals surface area contributed by atoms with Crippen molar-refractivity contribution < 1.29 is 9.53 Å². The number of carbonyl (C=O) groups is 1. The van der Waals surface area contributed by atoms with Gasteiger partial charge in [0.15, 0.2) is 0 Å². The Hall–Kier alpha value is -2.59. The number of esters is 1. The average molecular weight is 320 g/mol. The Labute approximate surface area is 141 Å². The van der Waals surface area contributed by atoms with E-state index < -0.39 is 0 Å². The maximum Gasteiger partial charge on any atom is 0.323 e. The van der Waals surface area contributed by atoms with Crippen LogP contribution in [0.15, 0.2) is 54.6 Å². The van der Waals surface area contributed by atoms with E-state index in [2.05, 4.69) is 53.3 Å². The van der Waals surface area contributed by atoms with Crippen LogP contribution in [0.3, 0.4) is 0 Å². The van der Waals surface area contributed by atoms with Crippen LogP contribution in [-0.2, 0) is 23.0 Å². The van der Waals surface area contributed by atoms with Crippen LogP contribution in [0.1, 0.15) is 22.9 Å². The van der Waals surface area contributed by atoms with Gasteiger partial charge in [0, 0.05) is 30.1 Å². The molecule has 2 heterocycles. The van der Waals surface area contributed by atoms with E-state index >= 15 is 0 Å². The molecule has 1 aliphatic rings. The first-order valence-corrected chi connectivity index (χ1v) is 8.15. The topological polar surface area (TPSA) is 43.3 Å². The molecular weight excluding hydrogens is 300 g/mol. The number of aromatic nitrogens is 1. The Morgan fingerprint density at radius 2 is 1.83 bits per heavy atom. The second-order valence-corrected chi connectivity index (χ2v) is 6.23. The highest BCUT2D eigenvalue weighted by Gasteiger charge is 2.35. The van der Waals surface area contributed by atoms with E-state index in [-0.39, 0.29) is 18.1 Å². The highest BCUT2D eigenvalue weighted by Crippen LogP contribution is 2.37. The first kappa shape index (κ1) is 15.0. The summed E-state index contributed by atoms with van der Waals surface area (Å²) < 4.78 is 7.24. The first-order valence-electron chi connectivity index (χ1n) is 8.15. The first-order chi connectivity index (χ1) is 11.7. The Kier molecular flexibility index (Phi) is 3.62. The molecule has 0 bridgehead atoms. The fraction of sp³-hybridized carbons (Fsp3) is 0.250. The number of aryl methyl sites for hydroxylation is 1. The van der Waals surface area contributed by atoms with Gasteiger partial charge in [-0.2, -0.15) is 0 Å². The van der Waals surface area contributed by atoms with Gasteiger partial charge in [0.25, 0.3) is 0 Å². The van der Waals surface area contributed by atoms with Crippen LogP contribution in [0.2, 0.25) is 0 Å². The van der Waals surface area contributed by atoms with Crippen molar-refractivity contribution in [3.05, 3.63) is 71.4 Å². The van der Waals surface area contributed by atoms with Crippen molar-refractivity contribution in [1.29, 1.82) is 0 Å². The lowest BCUT2D eigenvalue weighted by molar-refractivity contribution is -0.143. The highest BCUT2D eigenvalue weighted by atomic mass is 16.5. The van der Waals surface area contributed by atoms with E-state index in [0.29, 0.717) is 6.42 Å². The van der Waals surface area contributed by atoms with E-state index in [1.54, 1.807) is 0 Å². The molecule has 1 N–H and O–H groups in total. The van der Waals surface area contributed by atoms with E-state index in [1.165, 1.54) is 29.3 Å². The molecule has 0 fully saturated rings. The number of nitrogens with zero attached hydrogens (tertiary/aromatic N) is 1. The van der Waals surface area contributed by atoms with Crippen LogP contribution in [0.4, 0.5) is 0 Å². The molecular formula is C20H20N2O2. The van der Waals surface area contributed by atoms with Gasteiger partial charge in [-0.05, 0) is 17.2 Å². The number of fused-ring (bicyclic) bond motifs is 3. The molecule has 4 rings (SSSR count). The molecule has 1 aromatic heterocycles. The number of methoxy groups -OCH3 is 1. The summed E-state index contributed by atoms with van der Waals surface area (Å²) in [5, 5.41) is 4.70. The molecule has 0 saturated carbocycles. The predicted molar refractivity (Wildman–Crippen MR) is 93.8 cm³/mol. The lowest BCUT2D eigenvalue weighted by atomic mass is 9.90. The number of nitrogens with one attached hydrogen (secondary N) is 1. The zero-order chi connectivity index (χ0) is 16.7. The molecule has 122 valence electrons. The quantitative estimate of drug-likeness (QED) is 0.738. The maximum atomic E-state index is 12.2. The minimum Gasteiger partial charge on any atom is -0.468 e. The van der Waals surface area contributed by atoms with E-state index in [1.807, 2.05) is 18.2 Å². The Morgan fingerprint density at radius 3 is 2.58 bits per heavy atom. The van der Waals surface area contributed by atoms with Gasteiger partial charge in [0.05, 0.1) is 13.2 Å². The maximum absolute atomic E-state index is 12.2. The van der Waals surface area contributed by atoms with Crippen molar-refractivity contribution in [1.82, 2.24) is 9.88 Å². The van der Waals surface area contributed by atoms with Crippen molar-refractivity contribution in [3.63, 3.8) is 0 Å². The van der Waals surface area contributed by atoms with Gasteiger partial charge in [-0.1, -0.05) is 48.5 Å². The minimum atomic E-state index is -0.335. The number of hydrogen-bond acceptors (Lipinski definition) is 3. The monoisotopic (exact) mass is 320 g/mol. The van der Waals surface area contributed by atoms with Crippen LogP contribution in [0.5, 0.6) is 0 Å². The predicted octanol–water partition coefficient (Wildman–Crippen LogP) is 2.96. The second-order valence-electron chi connectivity index (χ2n) is 6.23. The normalized spacial score (nSPS) is 19.9. The van der Waals surface area contributed by atoms with Gasteiger partial charge in [0.1, 0.15) is 6.04 Å². The molecule has 0 amide bonds. The largest absolute Gasteiger partial charge is 0.468 e. The van der Waals surface area contributed by atoms with Crippen LogP contribution >= 0.6 is 0 Å². The zero-order valence-electron chi connectivity index (χ0n) is 13.8. The summed E-state index contributed by atoms with van der Waals surface area (Å²) >= 11 is 0. The van der Waals surface area contributed by atoms with Crippen LogP contribution in [0, 0.1) is 0 Å². The average Bonchev–Trinajstić information content (AvgIpc) is 2.94. The second kappa shape index (κ2) is 5.80. The lowest BCUT2D eigenvalue weighted by Crippen LogP contribution is -2.46. The summed E-state index contributed by atoms with van der Waals surface area (Å²) in [6, 6.07) is 18.3. The van der Waals surface area contributed by atoms with Crippen molar-refractivity contribution in [2.45, 2.75) is 18.5 Å². The molecule has 2 unspecified atom stereocenters. The van der Waals surface area contributed by atoms with Crippen molar-refractivity contribution in [2.24, 2.45) is 7.05 Å². The molecule has 0 radical (unpaired) electrons. The van der Waals surface area contributed by atoms with Gasteiger partial charge < -0.3 is 9.30 Å². The van der Waals surface area contributed by atoms with Gasteiger partial charge >= 0.3 is 5.97 Å². The third kappa shape index (κ3) is 2.22. The third-order valence-electron chi connectivity index (χ3n) is 4.93. The molecule has 4 heteroatoms. The van der Waals surface area contributed by atoms with E-state index in [4.69, 9.17) is 4.74 Å². The molecule has 3 aromatic rings. The van der Waals surface area contributed by atoms with E-state index in [0.717, 1.165) is 5.56 Å². The molecule has 0 saturated heterocycles. The smallest absolute Gasteiger partial charge is 0.323 e. The zero-order valence-corrected chi connectivity index (χ0v) is 13.8. The summed E-state index contributed by atoms with van der Waals surface area (Å²) in [5.74, 6) is -0.213. The number of ether oxygens (including phenoxy) is 1. The van der Waals surface area contributed by atoms with Gasteiger partial charge in [-0.3, -0.25) is 10.1 Å². The molecule has 2 atom stereocenters. The van der Waals surface area contributed by atoms with Crippen LogP contribution in [0.25, 0.3) is 10.9 Å². The molecule has 24 heavy (non-hydrogen) atoms. The summed E-state index contributed by atoms with van der Waals surface area (Å²) in [6.07, 6.45) is 0.646. The Balaban J connectivity index is 1.94. The fourth-order valence-electron chi connectivity index (χ4n) is 3.81. The van der Waals surface area contributed by atoms with Crippen LogP contribution < -0.4 is 5.32 Å². The standard InChI is InChI=1S/C20H20N2O2/c1-22-17-11-7-6-10-14(17)15-12-16(20(23)24-2)21-18(19(15)22)13-8-4-3-5-9-13/h3-11,16,18,21H,12H2,1-2H3. The van der Waals surface area contributed by atoms with Gasteiger partial charge in [-0.25, -0.2) is 0 Å². The molecule has 1 aliphatic heterocycles. The summed E-state index contributed by atoms with van der Waals surface area (Å²) in [7, 11) is 3.54. The van der Waals surface area contributed by atoms with Crippen molar-refractivity contribution in [2.75, 3.05) is 7.11 Å². The number of rotatable bonds is 2. The number of carbonyl (C=O) groups excluding carboxylic acids is 1. The van der Waals surface area contributed by atoms with Crippen LogP contribution in [-0.4, -0.2) is 23.7 Å². The third-order valence-corrected chi connectivity index (χ3v) is 4.93. The summed E-state index contributed by atoms with van der Waals surface area (Å²) in [4.78, 5) is 12.2. The van der Waals surface area contributed by atoms with Gasteiger partial charge in [-0.15, -0.1) is 0 Å². The summed E-state index contributed by atoms with van der Waals surface area (Å²) in [6.45, 7) is 0. The SMILES string of the molecule is COC(=O)C1Cc2c(n(C)c3ccccc23)C(c2ccccc2)N1. The minimum absolute atomic E-state index is 0.0311. The number of para-hydroxylation sites is 1. The number of hydrogen-bond donors (Lipinski definition) is 1. The fourth-order valence-corrected chi connectivity index (χ4v) is 3.81. The van der Waals surface area contributed by atoms with Crippen molar-refractivity contribution >= 4 is 16.9 Å². The van der Waals surface area contributed by atoms with E-state index in [9.17, 15) is 4.79 Å². The van der Waals surface area contributed by atoms with Crippen molar-refractivity contribution in [3.8, 4) is 0 Å². The molecule has 0 aliphatic carbocycles. The molecule has 2 aromatic carbocycles. The molecule has 4 nitrogen and oxygen atoms in total. The Morgan fingerprint density at radius 1 is 1.12 bits per heavy atom. The Bertz CT molecular complexity index is 899. The molecule has 0 spiro atoms. The van der Waals surface area contributed by atoms with Gasteiger partial charge in [0.2, 0.25) is 0 Å². The highest BCUT2D eigenvalue weighted by molar-refractivity contribution is 5.88.